The standard InChI is InChI=1S/C14H19F4NO/c1-8(2)19(7-14(16,17)18)13-5-9(3)12(15)6-11(13)10(4)20/h5-6,8,10,20H,7H2,1-4H3/t10-/m1/s1. The number of alkyl halides is 3. The van der Waals surface area contributed by atoms with Crippen molar-refractivity contribution >= 4 is 5.69 Å². The van der Waals surface area contributed by atoms with E-state index in [2.05, 4.69) is 0 Å². The highest BCUT2D eigenvalue weighted by molar-refractivity contribution is 5.57. The van der Waals surface area contributed by atoms with Crippen molar-refractivity contribution in [2.45, 2.75) is 46.0 Å². The van der Waals surface area contributed by atoms with Gasteiger partial charge in [-0.05, 0) is 45.4 Å². The quantitative estimate of drug-likeness (QED) is 0.849. The van der Waals surface area contributed by atoms with Gasteiger partial charge in [0, 0.05) is 17.3 Å². The van der Waals surface area contributed by atoms with E-state index in [1.807, 2.05) is 0 Å². The Morgan fingerprint density at radius 2 is 1.75 bits per heavy atom. The number of hydrogen-bond donors (Lipinski definition) is 1. The maximum absolute atomic E-state index is 13.6. The average Bonchev–Trinajstić information content (AvgIpc) is 2.27. The van der Waals surface area contributed by atoms with Crippen LogP contribution in [0.3, 0.4) is 0 Å². The lowest BCUT2D eigenvalue weighted by molar-refractivity contribution is -0.120. The van der Waals surface area contributed by atoms with Gasteiger partial charge in [0.05, 0.1) is 6.10 Å². The summed E-state index contributed by atoms with van der Waals surface area (Å²) in [6.07, 6.45) is -5.42. The molecule has 1 rings (SSSR count). The van der Waals surface area contributed by atoms with Crippen molar-refractivity contribution in [2.24, 2.45) is 0 Å². The highest BCUT2D eigenvalue weighted by Gasteiger charge is 2.33. The van der Waals surface area contributed by atoms with E-state index in [0.29, 0.717) is 0 Å². The number of hydrogen-bond acceptors (Lipinski definition) is 2. The lowest BCUT2D eigenvalue weighted by Gasteiger charge is -2.32. The number of aryl methyl sites for hydroxylation is 1. The van der Waals surface area contributed by atoms with E-state index in [0.717, 1.165) is 11.0 Å². The smallest absolute Gasteiger partial charge is 0.389 e. The summed E-state index contributed by atoms with van der Waals surface area (Å²) in [5, 5.41) is 9.67. The van der Waals surface area contributed by atoms with Gasteiger partial charge in [0.1, 0.15) is 12.4 Å². The van der Waals surface area contributed by atoms with Gasteiger partial charge in [0.2, 0.25) is 0 Å². The first kappa shape index (κ1) is 16.8. The third-order valence-corrected chi connectivity index (χ3v) is 3.04. The maximum atomic E-state index is 13.6. The van der Waals surface area contributed by atoms with E-state index in [1.165, 1.54) is 19.9 Å². The second kappa shape index (κ2) is 5.99. The molecule has 0 unspecified atom stereocenters. The van der Waals surface area contributed by atoms with Crippen molar-refractivity contribution < 1.29 is 22.7 Å². The molecule has 0 aromatic heterocycles. The van der Waals surface area contributed by atoms with Gasteiger partial charge in [-0.3, -0.25) is 0 Å². The molecule has 0 bridgehead atoms. The van der Waals surface area contributed by atoms with Gasteiger partial charge in [0.15, 0.2) is 0 Å². The number of aliphatic hydroxyl groups excluding tert-OH is 1. The first-order valence-corrected chi connectivity index (χ1v) is 6.34. The third-order valence-electron chi connectivity index (χ3n) is 3.04. The molecule has 114 valence electrons. The van der Waals surface area contributed by atoms with Gasteiger partial charge in [-0.1, -0.05) is 0 Å². The molecule has 1 aromatic rings. The highest BCUT2D eigenvalue weighted by Crippen LogP contribution is 2.32. The summed E-state index contributed by atoms with van der Waals surface area (Å²) in [7, 11) is 0. The Bertz CT molecular complexity index is 469. The number of benzene rings is 1. The van der Waals surface area contributed by atoms with E-state index < -0.39 is 30.7 Å². The molecule has 1 aromatic carbocycles. The Hall–Kier alpha value is -1.30. The molecule has 0 aliphatic heterocycles. The monoisotopic (exact) mass is 293 g/mol. The second-order valence-electron chi connectivity index (χ2n) is 5.17. The molecular formula is C14H19F4NO. The zero-order valence-corrected chi connectivity index (χ0v) is 11.9. The van der Waals surface area contributed by atoms with Gasteiger partial charge in [-0.2, -0.15) is 13.2 Å². The number of aliphatic hydroxyl groups is 1. The molecule has 0 heterocycles. The van der Waals surface area contributed by atoms with E-state index >= 15 is 0 Å². The fourth-order valence-corrected chi connectivity index (χ4v) is 2.00. The Labute approximate surface area is 116 Å². The van der Waals surface area contributed by atoms with E-state index in [-0.39, 0.29) is 16.8 Å². The largest absolute Gasteiger partial charge is 0.405 e. The highest BCUT2D eigenvalue weighted by atomic mass is 19.4. The van der Waals surface area contributed by atoms with Crippen molar-refractivity contribution in [3.8, 4) is 0 Å². The van der Waals surface area contributed by atoms with E-state index in [9.17, 15) is 22.7 Å². The summed E-state index contributed by atoms with van der Waals surface area (Å²) in [5.41, 5.74) is 0.620. The zero-order valence-electron chi connectivity index (χ0n) is 11.9. The summed E-state index contributed by atoms with van der Waals surface area (Å²) in [6.45, 7) is 4.98. The molecule has 1 atom stereocenters. The summed E-state index contributed by atoms with van der Waals surface area (Å²) < 4.78 is 51.6. The Balaban J connectivity index is 3.35. The molecule has 0 amide bonds. The van der Waals surface area contributed by atoms with Crippen LogP contribution in [-0.2, 0) is 0 Å². The topological polar surface area (TPSA) is 23.5 Å². The first-order valence-electron chi connectivity index (χ1n) is 6.34. The van der Waals surface area contributed by atoms with Crippen LogP contribution in [0.2, 0.25) is 0 Å². The molecular weight excluding hydrogens is 274 g/mol. The van der Waals surface area contributed by atoms with Crippen LogP contribution >= 0.6 is 0 Å². The second-order valence-corrected chi connectivity index (χ2v) is 5.17. The van der Waals surface area contributed by atoms with Crippen LogP contribution in [0.1, 0.15) is 38.0 Å². The third kappa shape index (κ3) is 4.10. The molecule has 0 aliphatic rings. The van der Waals surface area contributed by atoms with Gasteiger partial charge in [-0.25, -0.2) is 4.39 Å². The number of nitrogens with zero attached hydrogens (tertiary/aromatic N) is 1. The SMILES string of the molecule is Cc1cc(N(CC(F)(F)F)C(C)C)c([C@@H](C)O)cc1F. The minimum absolute atomic E-state index is 0.158. The zero-order chi connectivity index (χ0) is 15.7. The molecule has 0 radical (unpaired) electrons. The molecule has 1 N–H and O–H groups in total. The predicted octanol–water partition coefficient (Wildman–Crippen LogP) is 3.96. The summed E-state index contributed by atoms with van der Waals surface area (Å²) in [6, 6.07) is 2.02. The van der Waals surface area contributed by atoms with Crippen molar-refractivity contribution in [1.29, 1.82) is 0 Å². The molecule has 0 saturated carbocycles. The maximum Gasteiger partial charge on any atom is 0.405 e. The molecule has 20 heavy (non-hydrogen) atoms. The van der Waals surface area contributed by atoms with E-state index in [4.69, 9.17) is 0 Å². The summed E-state index contributed by atoms with van der Waals surface area (Å²) in [5.74, 6) is -0.541. The Morgan fingerprint density at radius 3 is 2.15 bits per heavy atom. The lowest BCUT2D eigenvalue weighted by Crippen LogP contribution is -2.40. The van der Waals surface area contributed by atoms with Gasteiger partial charge in [0.25, 0.3) is 0 Å². The molecule has 6 heteroatoms. The van der Waals surface area contributed by atoms with Crippen LogP contribution in [0.5, 0.6) is 0 Å². The van der Waals surface area contributed by atoms with Crippen LogP contribution in [0.4, 0.5) is 23.2 Å². The molecule has 0 aliphatic carbocycles. The number of anilines is 1. The van der Waals surface area contributed by atoms with Crippen molar-refractivity contribution in [3.05, 3.63) is 29.1 Å². The van der Waals surface area contributed by atoms with Gasteiger partial charge >= 0.3 is 6.18 Å². The van der Waals surface area contributed by atoms with Crippen LogP contribution in [0.15, 0.2) is 12.1 Å². The van der Waals surface area contributed by atoms with Crippen molar-refractivity contribution in [3.63, 3.8) is 0 Å². The molecule has 0 fully saturated rings. The van der Waals surface area contributed by atoms with Gasteiger partial charge in [-0.15, -0.1) is 0 Å². The van der Waals surface area contributed by atoms with Crippen LogP contribution in [0, 0.1) is 12.7 Å². The minimum atomic E-state index is -4.37. The number of rotatable bonds is 4. The summed E-state index contributed by atoms with van der Waals surface area (Å²) >= 11 is 0. The van der Waals surface area contributed by atoms with Gasteiger partial charge < -0.3 is 10.0 Å². The fourth-order valence-electron chi connectivity index (χ4n) is 2.00. The number of halogens is 4. The molecule has 0 saturated heterocycles. The Morgan fingerprint density at radius 1 is 1.20 bits per heavy atom. The van der Waals surface area contributed by atoms with Crippen LogP contribution in [0.25, 0.3) is 0 Å². The predicted molar refractivity (Wildman–Crippen MR) is 70.3 cm³/mol. The lowest BCUT2D eigenvalue weighted by atomic mass is 10.0. The van der Waals surface area contributed by atoms with Crippen molar-refractivity contribution in [1.82, 2.24) is 0 Å². The Kier molecular flexibility index (Phi) is 5.02. The van der Waals surface area contributed by atoms with Crippen LogP contribution < -0.4 is 4.90 Å². The minimum Gasteiger partial charge on any atom is -0.389 e. The fraction of sp³-hybridized carbons (Fsp3) is 0.571. The van der Waals surface area contributed by atoms with Crippen molar-refractivity contribution in [2.75, 3.05) is 11.4 Å². The van der Waals surface area contributed by atoms with Crippen LogP contribution in [-0.4, -0.2) is 23.9 Å². The molecule has 0 spiro atoms. The van der Waals surface area contributed by atoms with E-state index in [1.54, 1.807) is 13.8 Å². The molecule has 2 nitrogen and oxygen atoms in total. The normalized spacial score (nSPS) is 13.7. The average molecular weight is 293 g/mol. The summed E-state index contributed by atoms with van der Waals surface area (Å²) in [4.78, 5) is 1.12. The first-order chi connectivity index (χ1) is 9.03.